The van der Waals surface area contributed by atoms with Crippen molar-refractivity contribution in [3.8, 4) is 0 Å². The van der Waals surface area contributed by atoms with Gasteiger partial charge in [0.1, 0.15) is 0 Å². The third-order valence-electron chi connectivity index (χ3n) is 1.33. The van der Waals surface area contributed by atoms with Crippen molar-refractivity contribution in [3.05, 3.63) is 0 Å². The molecular weight excluding hydrogens is 174 g/mol. The van der Waals surface area contributed by atoms with E-state index in [0.717, 1.165) is 13.0 Å². The predicted octanol–water partition coefficient (Wildman–Crippen LogP) is 0.627. The summed E-state index contributed by atoms with van der Waals surface area (Å²) >= 11 is 1.47. The highest BCUT2D eigenvalue weighted by molar-refractivity contribution is 8.00. The first-order valence-corrected chi connectivity index (χ1v) is 5.24. The van der Waals surface area contributed by atoms with Gasteiger partial charge in [0.2, 0.25) is 5.91 Å². The van der Waals surface area contributed by atoms with E-state index in [9.17, 15) is 4.79 Å². The molecule has 3 nitrogen and oxygen atoms in total. The zero-order valence-electron chi connectivity index (χ0n) is 7.67. The first kappa shape index (κ1) is 11.8. The molecule has 0 aromatic heterocycles. The Bertz CT molecular complexity index is 130. The van der Waals surface area contributed by atoms with Crippen molar-refractivity contribution in [1.82, 2.24) is 5.32 Å². The smallest absolute Gasteiger partial charge is 0.230 e. The second kappa shape index (κ2) is 7.43. The number of carbonyl (C=O) groups is 1. The minimum Gasteiger partial charge on any atom is -0.395 e. The van der Waals surface area contributed by atoms with Gasteiger partial charge in [0.15, 0.2) is 0 Å². The molecule has 0 fully saturated rings. The summed E-state index contributed by atoms with van der Waals surface area (Å²) in [4.78, 5) is 11.0. The Balaban J connectivity index is 3.31. The normalized spacial score (nSPS) is 12.6. The van der Waals surface area contributed by atoms with Crippen molar-refractivity contribution in [2.45, 2.75) is 25.5 Å². The molecule has 0 rings (SSSR count). The third kappa shape index (κ3) is 6.49. The van der Waals surface area contributed by atoms with E-state index in [2.05, 4.69) is 5.32 Å². The quantitative estimate of drug-likeness (QED) is 0.647. The fraction of sp³-hybridized carbons (Fsp3) is 0.875. The van der Waals surface area contributed by atoms with Crippen LogP contribution < -0.4 is 5.32 Å². The van der Waals surface area contributed by atoms with Crippen LogP contribution in [0.15, 0.2) is 0 Å². The van der Waals surface area contributed by atoms with E-state index in [-0.39, 0.29) is 17.8 Å². The number of hydrogen-bond acceptors (Lipinski definition) is 3. The second-order valence-corrected chi connectivity index (χ2v) is 4.08. The molecule has 0 aromatic rings. The topological polar surface area (TPSA) is 49.3 Å². The van der Waals surface area contributed by atoms with Crippen LogP contribution in [-0.4, -0.2) is 35.2 Å². The monoisotopic (exact) mass is 191 g/mol. The molecule has 0 saturated heterocycles. The molecule has 1 unspecified atom stereocenters. The molecule has 0 heterocycles. The van der Waals surface area contributed by atoms with Gasteiger partial charge in [0.25, 0.3) is 0 Å². The van der Waals surface area contributed by atoms with Gasteiger partial charge < -0.3 is 10.4 Å². The van der Waals surface area contributed by atoms with Gasteiger partial charge in [-0.25, -0.2) is 0 Å². The number of nitrogens with one attached hydrogen (secondary N) is 1. The Labute approximate surface area is 77.9 Å². The number of carbonyl (C=O) groups excluding carboxylic acids is 1. The first-order chi connectivity index (χ1) is 5.70. The highest BCUT2D eigenvalue weighted by atomic mass is 32.2. The van der Waals surface area contributed by atoms with Gasteiger partial charge in [-0.2, -0.15) is 0 Å². The average molecular weight is 191 g/mol. The summed E-state index contributed by atoms with van der Waals surface area (Å²) in [5.41, 5.74) is 0. The van der Waals surface area contributed by atoms with Gasteiger partial charge >= 0.3 is 0 Å². The third-order valence-corrected chi connectivity index (χ3v) is 2.48. The van der Waals surface area contributed by atoms with Gasteiger partial charge in [-0.3, -0.25) is 4.79 Å². The number of aliphatic hydroxyl groups is 1. The Morgan fingerprint density at radius 2 is 2.33 bits per heavy atom. The molecule has 0 radical (unpaired) electrons. The standard InChI is InChI=1S/C8H17NO2S/c1-3-4-9-8(11)6-12-7(2)5-10/h7,10H,3-6H2,1-2H3,(H,9,11). The number of aliphatic hydroxyl groups excluding tert-OH is 1. The highest BCUT2D eigenvalue weighted by Gasteiger charge is 2.04. The molecule has 0 aliphatic carbocycles. The van der Waals surface area contributed by atoms with Crippen molar-refractivity contribution in [1.29, 1.82) is 0 Å². The van der Waals surface area contributed by atoms with E-state index >= 15 is 0 Å². The van der Waals surface area contributed by atoms with Gasteiger partial charge in [-0.05, 0) is 6.42 Å². The molecule has 72 valence electrons. The minimum atomic E-state index is 0.0575. The summed E-state index contributed by atoms with van der Waals surface area (Å²) in [7, 11) is 0. The summed E-state index contributed by atoms with van der Waals surface area (Å²) in [5.74, 6) is 0.504. The molecule has 1 amide bonds. The zero-order valence-corrected chi connectivity index (χ0v) is 8.49. The molecule has 0 saturated carbocycles. The molecule has 0 aliphatic rings. The predicted molar refractivity (Wildman–Crippen MR) is 52.3 cm³/mol. The lowest BCUT2D eigenvalue weighted by atomic mass is 10.5. The maximum absolute atomic E-state index is 11.0. The molecule has 4 heteroatoms. The van der Waals surface area contributed by atoms with E-state index in [4.69, 9.17) is 5.11 Å². The summed E-state index contributed by atoms with van der Waals surface area (Å²) in [6.07, 6.45) is 0.964. The highest BCUT2D eigenvalue weighted by Crippen LogP contribution is 2.07. The van der Waals surface area contributed by atoms with Crippen LogP contribution in [0.4, 0.5) is 0 Å². The van der Waals surface area contributed by atoms with Gasteiger partial charge in [-0.1, -0.05) is 13.8 Å². The zero-order chi connectivity index (χ0) is 9.40. The summed E-state index contributed by atoms with van der Waals surface area (Å²) in [6, 6.07) is 0. The summed E-state index contributed by atoms with van der Waals surface area (Å²) in [5, 5.41) is 11.6. The Kier molecular flexibility index (Phi) is 7.29. The van der Waals surface area contributed by atoms with E-state index in [0.29, 0.717) is 5.75 Å². The summed E-state index contributed by atoms with van der Waals surface area (Å²) in [6.45, 7) is 4.79. The molecule has 0 bridgehead atoms. The van der Waals surface area contributed by atoms with Crippen molar-refractivity contribution in [2.75, 3.05) is 18.9 Å². The number of rotatable bonds is 6. The van der Waals surface area contributed by atoms with Crippen LogP contribution in [0, 0.1) is 0 Å². The molecule has 1 atom stereocenters. The lowest BCUT2D eigenvalue weighted by Crippen LogP contribution is -2.26. The van der Waals surface area contributed by atoms with Gasteiger partial charge in [0, 0.05) is 11.8 Å². The minimum absolute atomic E-state index is 0.0575. The lowest BCUT2D eigenvalue weighted by Gasteiger charge is -2.07. The van der Waals surface area contributed by atoms with Crippen LogP contribution in [0.1, 0.15) is 20.3 Å². The fourth-order valence-electron chi connectivity index (χ4n) is 0.586. The first-order valence-electron chi connectivity index (χ1n) is 4.19. The molecule has 0 spiro atoms. The molecule has 0 aromatic carbocycles. The maximum atomic E-state index is 11.0. The number of thioether (sulfide) groups is 1. The number of amides is 1. The Hall–Kier alpha value is -0.220. The van der Waals surface area contributed by atoms with Crippen LogP contribution in [0.5, 0.6) is 0 Å². The van der Waals surface area contributed by atoms with Crippen molar-refractivity contribution >= 4 is 17.7 Å². The average Bonchev–Trinajstić information content (AvgIpc) is 2.10. The molecular formula is C8H17NO2S. The van der Waals surface area contributed by atoms with Crippen LogP contribution in [0.3, 0.4) is 0 Å². The fourth-order valence-corrected chi connectivity index (χ4v) is 1.23. The summed E-state index contributed by atoms with van der Waals surface area (Å²) < 4.78 is 0. The van der Waals surface area contributed by atoms with E-state index in [1.54, 1.807) is 0 Å². The van der Waals surface area contributed by atoms with Crippen molar-refractivity contribution in [2.24, 2.45) is 0 Å². The Morgan fingerprint density at radius 3 is 2.83 bits per heavy atom. The van der Waals surface area contributed by atoms with Gasteiger partial charge in [0.05, 0.1) is 12.4 Å². The Morgan fingerprint density at radius 1 is 1.67 bits per heavy atom. The van der Waals surface area contributed by atoms with Crippen molar-refractivity contribution in [3.63, 3.8) is 0 Å². The number of hydrogen-bond donors (Lipinski definition) is 2. The van der Waals surface area contributed by atoms with Crippen LogP contribution in [0.2, 0.25) is 0 Å². The largest absolute Gasteiger partial charge is 0.395 e. The molecule has 0 aliphatic heterocycles. The molecule has 12 heavy (non-hydrogen) atoms. The van der Waals surface area contributed by atoms with Crippen molar-refractivity contribution < 1.29 is 9.90 Å². The lowest BCUT2D eigenvalue weighted by molar-refractivity contribution is -0.118. The van der Waals surface area contributed by atoms with Crippen LogP contribution in [-0.2, 0) is 4.79 Å². The van der Waals surface area contributed by atoms with Crippen LogP contribution in [0.25, 0.3) is 0 Å². The van der Waals surface area contributed by atoms with E-state index in [1.165, 1.54) is 11.8 Å². The molecule has 2 N–H and O–H groups in total. The second-order valence-electron chi connectivity index (χ2n) is 2.65. The van der Waals surface area contributed by atoms with Crippen LogP contribution >= 0.6 is 11.8 Å². The van der Waals surface area contributed by atoms with E-state index < -0.39 is 0 Å². The SMILES string of the molecule is CCCNC(=O)CSC(C)CO. The maximum Gasteiger partial charge on any atom is 0.230 e. The van der Waals surface area contributed by atoms with Gasteiger partial charge in [-0.15, -0.1) is 11.8 Å². The van der Waals surface area contributed by atoms with E-state index in [1.807, 2.05) is 13.8 Å².